The molecule has 0 fully saturated rings. The Balaban J connectivity index is 2.08. The monoisotopic (exact) mass is 332 g/mol. The second-order valence-corrected chi connectivity index (χ2v) is 5.49. The van der Waals surface area contributed by atoms with Gasteiger partial charge in [0.25, 0.3) is 5.56 Å². The van der Waals surface area contributed by atoms with E-state index in [2.05, 4.69) is 4.98 Å². The molecule has 0 spiro atoms. The standard InChI is InChI=1S/C17H11ClF2N2O/c1-10-2-5-16-21-15(8-17(23)22(16)9-10)12(18)6-11-3-4-13(19)14(20)7-11/h2-9H,1H3/b12-6-. The summed E-state index contributed by atoms with van der Waals surface area (Å²) in [6, 6.07) is 8.26. The Morgan fingerprint density at radius 3 is 2.70 bits per heavy atom. The average Bonchev–Trinajstić information content (AvgIpc) is 2.51. The summed E-state index contributed by atoms with van der Waals surface area (Å²) in [4.78, 5) is 16.4. The molecule has 116 valence electrons. The molecule has 0 aliphatic rings. The fourth-order valence-corrected chi connectivity index (χ4v) is 2.38. The third kappa shape index (κ3) is 3.14. The number of benzene rings is 1. The van der Waals surface area contributed by atoms with Crippen LogP contribution in [0.5, 0.6) is 0 Å². The van der Waals surface area contributed by atoms with Gasteiger partial charge in [0.1, 0.15) is 5.65 Å². The van der Waals surface area contributed by atoms with Crippen LogP contribution in [0, 0.1) is 18.6 Å². The van der Waals surface area contributed by atoms with Crippen molar-refractivity contribution in [2.45, 2.75) is 6.92 Å². The molecule has 0 bridgehead atoms. The molecule has 23 heavy (non-hydrogen) atoms. The Morgan fingerprint density at radius 2 is 1.96 bits per heavy atom. The van der Waals surface area contributed by atoms with Crippen LogP contribution in [0.3, 0.4) is 0 Å². The Labute approximate surface area is 135 Å². The predicted octanol–water partition coefficient (Wildman–Crippen LogP) is 4.02. The molecule has 0 amide bonds. The van der Waals surface area contributed by atoms with Crippen LogP contribution in [0.1, 0.15) is 16.8 Å². The van der Waals surface area contributed by atoms with E-state index in [4.69, 9.17) is 11.6 Å². The van der Waals surface area contributed by atoms with Gasteiger partial charge in [-0.3, -0.25) is 9.20 Å². The van der Waals surface area contributed by atoms with Gasteiger partial charge in [0.15, 0.2) is 11.6 Å². The van der Waals surface area contributed by atoms with E-state index in [9.17, 15) is 13.6 Å². The van der Waals surface area contributed by atoms with Gasteiger partial charge in [0.05, 0.1) is 10.7 Å². The fraction of sp³-hybridized carbons (Fsp3) is 0.0588. The zero-order valence-corrected chi connectivity index (χ0v) is 12.8. The topological polar surface area (TPSA) is 34.4 Å². The fourth-order valence-electron chi connectivity index (χ4n) is 2.15. The van der Waals surface area contributed by atoms with Gasteiger partial charge in [-0.05, 0) is 42.3 Å². The number of aromatic nitrogens is 2. The van der Waals surface area contributed by atoms with Gasteiger partial charge in [-0.1, -0.05) is 23.7 Å². The first-order chi connectivity index (χ1) is 10.9. The second kappa shape index (κ2) is 5.93. The van der Waals surface area contributed by atoms with E-state index in [1.54, 1.807) is 12.3 Å². The summed E-state index contributed by atoms with van der Waals surface area (Å²) in [5, 5.41) is 0.163. The molecule has 0 unspecified atom stereocenters. The lowest BCUT2D eigenvalue weighted by Crippen LogP contribution is -2.15. The highest BCUT2D eigenvalue weighted by atomic mass is 35.5. The van der Waals surface area contributed by atoms with Gasteiger partial charge in [0.2, 0.25) is 0 Å². The van der Waals surface area contributed by atoms with Crippen molar-refractivity contribution < 1.29 is 8.78 Å². The minimum absolute atomic E-state index is 0.163. The maximum Gasteiger partial charge on any atom is 0.258 e. The van der Waals surface area contributed by atoms with Crippen molar-refractivity contribution in [2.24, 2.45) is 0 Å². The Hall–Kier alpha value is -2.53. The van der Waals surface area contributed by atoms with Gasteiger partial charge in [-0.2, -0.15) is 0 Å². The van der Waals surface area contributed by atoms with Crippen molar-refractivity contribution >= 4 is 28.4 Å². The predicted molar refractivity (Wildman–Crippen MR) is 86.3 cm³/mol. The van der Waals surface area contributed by atoms with Gasteiger partial charge in [-0.25, -0.2) is 13.8 Å². The molecule has 3 aromatic rings. The molecule has 0 radical (unpaired) electrons. The number of nitrogens with zero attached hydrogens (tertiary/aromatic N) is 2. The van der Waals surface area contributed by atoms with E-state index in [1.807, 2.05) is 13.0 Å². The smallest absolute Gasteiger partial charge is 0.258 e. The highest BCUT2D eigenvalue weighted by molar-refractivity contribution is 6.51. The number of pyridine rings is 1. The summed E-state index contributed by atoms with van der Waals surface area (Å²) in [5.74, 6) is -1.90. The molecule has 3 nitrogen and oxygen atoms in total. The van der Waals surface area contributed by atoms with Crippen molar-refractivity contribution in [3.63, 3.8) is 0 Å². The van der Waals surface area contributed by atoms with E-state index >= 15 is 0 Å². The molecule has 6 heteroatoms. The van der Waals surface area contributed by atoms with E-state index in [1.165, 1.54) is 22.6 Å². The Morgan fingerprint density at radius 1 is 1.17 bits per heavy atom. The van der Waals surface area contributed by atoms with Gasteiger partial charge < -0.3 is 0 Å². The Bertz CT molecular complexity index is 996. The minimum Gasteiger partial charge on any atom is -0.269 e. The lowest BCUT2D eigenvalue weighted by molar-refractivity contribution is 0.508. The number of hydrogen-bond acceptors (Lipinski definition) is 2. The maximum absolute atomic E-state index is 13.2. The molecule has 2 heterocycles. The number of fused-ring (bicyclic) bond motifs is 1. The molecule has 0 atom stereocenters. The SMILES string of the molecule is Cc1ccc2nc(/C(Cl)=C/c3ccc(F)c(F)c3)cc(=O)n2c1. The molecular formula is C17H11ClF2N2O. The summed E-state index contributed by atoms with van der Waals surface area (Å²) in [5.41, 5.74) is 1.75. The lowest BCUT2D eigenvalue weighted by Gasteiger charge is -2.04. The zero-order chi connectivity index (χ0) is 16.6. The van der Waals surface area contributed by atoms with Gasteiger partial charge in [0, 0.05) is 12.3 Å². The summed E-state index contributed by atoms with van der Waals surface area (Å²) in [7, 11) is 0. The second-order valence-electron chi connectivity index (χ2n) is 5.08. The van der Waals surface area contributed by atoms with Crippen LogP contribution in [0.15, 0.2) is 47.4 Å². The molecule has 0 aliphatic heterocycles. The van der Waals surface area contributed by atoms with Crippen LogP contribution >= 0.6 is 11.6 Å². The molecule has 1 aromatic carbocycles. The molecule has 2 aromatic heterocycles. The molecule has 0 N–H and O–H groups in total. The summed E-state index contributed by atoms with van der Waals surface area (Å²) < 4.78 is 27.6. The van der Waals surface area contributed by atoms with Crippen LogP contribution in [0.2, 0.25) is 0 Å². The third-order valence-corrected chi connectivity index (χ3v) is 3.59. The van der Waals surface area contributed by atoms with Gasteiger partial charge >= 0.3 is 0 Å². The van der Waals surface area contributed by atoms with Crippen LogP contribution in [-0.4, -0.2) is 9.38 Å². The summed E-state index contributed by atoms with van der Waals surface area (Å²) in [6.07, 6.45) is 3.11. The summed E-state index contributed by atoms with van der Waals surface area (Å²) in [6.45, 7) is 1.87. The quantitative estimate of drug-likeness (QED) is 0.710. The largest absolute Gasteiger partial charge is 0.269 e. The highest BCUT2D eigenvalue weighted by Gasteiger charge is 2.07. The van der Waals surface area contributed by atoms with E-state index in [0.717, 1.165) is 17.7 Å². The van der Waals surface area contributed by atoms with Crippen molar-refractivity contribution in [1.29, 1.82) is 0 Å². The first-order valence-electron chi connectivity index (χ1n) is 6.77. The lowest BCUT2D eigenvalue weighted by atomic mass is 10.2. The number of rotatable bonds is 2. The van der Waals surface area contributed by atoms with E-state index < -0.39 is 11.6 Å². The molecule has 0 saturated carbocycles. The van der Waals surface area contributed by atoms with Crippen LogP contribution in [-0.2, 0) is 0 Å². The van der Waals surface area contributed by atoms with Crippen LogP contribution in [0.25, 0.3) is 16.8 Å². The molecule has 3 rings (SSSR count). The van der Waals surface area contributed by atoms with Gasteiger partial charge in [-0.15, -0.1) is 0 Å². The highest BCUT2D eigenvalue weighted by Crippen LogP contribution is 2.21. The van der Waals surface area contributed by atoms with E-state index in [-0.39, 0.29) is 16.3 Å². The first-order valence-corrected chi connectivity index (χ1v) is 7.14. The van der Waals surface area contributed by atoms with E-state index in [0.29, 0.717) is 11.2 Å². The normalized spacial score (nSPS) is 11.9. The number of aryl methyl sites for hydroxylation is 1. The molecule has 0 aliphatic carbocycles. The van der Waals surface area contributed by atoms with Crippen LogP contribution in [0.4, 0.5) is 8.78 Å². The molecular weight excluding hydrogens is 322 g/mol. The van der Waals surface area contributed by atoms with Crippen molar-refractivity contribution in [2.75, 3.05) is 0 Å². The number of hydrogen-bond donors (Lipinski definition) is 0. The van der Waals surface area contributed by atoms with Crippen LogP contribution < -0.4 is 5.56 Å². The number of halogens is 3. The summed E-state index contributed by atoms with van der Waals surface area (Å²) >= 11 is 6.17. The van der Waals surface area contributed by atoms with Crippen molar-refractivity contribution in [3.05, 3.63) is 81.4 Å². The van der Waals surface area contributed by atoms with Crippen molar-refractivity contribution in [1.82, 2.24) is 9.38 Å². The zero-order valence-electron chi connectivity index (χ0n) is 12.1. The first kappa shape index (κ1) is 15.4. The Kier molecular flexibility index (Phi) is 3.96. The molecule has 0 saturated heterocycles. The van der Waals surface area contributed by atoms with Crippen molar-refractivity contribution in [3.8, 4) is 0 Å². The minimum atomic E-state index is -0.967. The maximum atomic E-state index is 13.2. The third-order valence-electron chi connectivity index (χ3n) is 3.29. The average molecular weight is 333 g/mol.